The second-order valence-corrected chi connectivity index (χ2v) is 3.61. The summed E-state index contributed by atoms with van der Waals surface area (Å²) in [6, 6.07) is 4.65. The van der Waals surface area contributed by atoms with Crippen LogP contribution in [0.5, 0.6) is 0 Å². The smallest absolute Gasteiger partial charge is 0.355 e. The molecule has 5 heteroatoms. The molecule has 0 saturated carbocycles. The van der Waals surface area contributed by atoms with Crippen LogP contribution in [0.25, 0.3) is 0 Å². The van der Waals surface area contributed by atoms with Gasteiger partial charge in [-0.25, -0.2) is 0 Å². The van der Waals surface area contributed by atoms with Crippen LogP contribution in [0.2, 0.25) is 0 Å². The molecule has 0 aliphatic heterocycles. The van der Waals surface area contributed by atoms with Gasteiger partial charge in [0.05, 0.1) is 5.56 Å². The van der Waals surface area contributed by atoms with Gasteiger partial charge in [0.1, 0.15) is 0 Å². The number of carbonyl (C=O) groups is 1. The van der Waals surface area contributed by atoms with E-state index in [0.717, 1.165) is 12.1 Å². The number of hydrogen-bond acceptors (Lipinski definition) is 1. The summed E-state index contributed by atoms with van der Waals surface area (Å²) in [5, 5.41) is 2.57. The Balaban J connectivity index is 2.54. The first-order chi connectivity index (χ1) is 8.39. The van der Waals surface area contributed by atoms with Crippen molar-refractivity contribution in [2.45, 2.75) is 19.5 Å². The molecule has 0 aromatic heterocycles. The SMILES string of the molecule is CC(=O)NCCC#Cc1ccc(C(F)(F)F)cc1. The third-order valence-electron chi connectivity index (χ3n) is 2.07. The summed E-state index contributed by atoms with van der Waals surface area (Å²) in [7, 11) is 0. The van der Waals surface area contributed by atoms with Crippen molar-refractivity contribution in [3.63, 3.8) is 0 Å². The molecule has 0 spiro atoms. The molecule has 0 bridgehead atoms. The number of benzene rings is 1. The van der Waals surface area contributed by atoms with Crippen molar-refractivity contribution >= 4 is 5.91 Å². The molecular weight excluding hydrogens is 243 g/mol. The van der Waals surface area contributed by atoms with Crippen LogP contribution in [0.4, 0.5) is 13.2 Å². The van der Waals surface area contributed by atoms with Crippen LogP contribution < -0.4 is 5.32 Å². The number of hydrogen-bond donors (Lipinski definition) is 1. The number of carbonyl (C=O) groups excluding carboxylic acids is 1. The van der Waals surface area contributed by atoms with Gasteiger partial charge in [-0.1, -0.05) is 11.8 Å². The van der Waals surface area contributed by atoms with Crippen molar-refractivity contribution < 1.29 is 18.0 Å². The number of halogens is 3. The van der Waals surface area contributed by atoms with Crippen molar-refractivity contribution in [3.05, 3.63) is 35.4 Å². The van der Waals surface area contributed by atoms with Crippen molar-refractivity contribution in [1.29, 1.82) is 0 Å². The first kappa shape index (κ1) is 14.1. The molecule has 0 aliphatic carbocycles. The first-order valence-corrected chi connectivity index (χ1v) is 5.30. The van der Waals surface area contributed by atoms with E-state index in [1.165, 1.54) is 19.1 Å². The van der Waals surface area contributed by atoms with E-state index in [9.17, 15) is 18.0 Å². The highest BCUT2D eigenvalue weighted by Gasteiger charge is 2.29. The molecule has 1 N–H and O–H groups in total. The monoisotopic (exact) mass is 255 g/mol. The highest BCUT2D eigenvalue weighted by Crippen LogP contribution is 2.28. The molecule has 0 aliphatic rings. The number of nitrogens with one attached hydrogen (secondary N) is 1. The van der Waals surface area contributed by atoms with Crippen LogP contribution in [0.3, 0.4) is 0 Å². The average Bonchev–Trinajstić information content (AvgIpc) is 2.27. The topological polar surface area (TPSA) is 29.1 Å². The van der Waals surface area contributed by atoms with E-state index in [1.807, 2.05) is 0 Å². The predicted molar refractivity (Wildman–Crippen MR) is 61.6 cm³/mol. The highest BCUT2D eigenvalue weighted by molar-refractivity contribution is 5.72. The quantitative estimate of drug-likeness (QED) is 0.638. The van der Waals surface area contributed by atoms with Gasteiger partial charge in [-0.05, 0) is 24.3 Å². The largest absolute Gasteiger partial charge is 0.416 e. The maximum Gasteiger partial charge on any atom is 0.416 e. The van der Waals surface area contributed by atoms with Gasteiger partial charge in [-0.3, -0.25) is 4.79 Å². The molecule has 0 radical (unpaired) electrons. The highest BCUT2D eigenvalue weighted by atomic mass is 19.4. The summed E-state index contributed by atoms with van der Waals surface area (Å²) in [6.45, 7) is 1.84. The molecule has 96 valence electrons. The Morgan fingerprint density at radius 3 is 2.39 bits per heavy atom. The molecule has 0 heterocycles. The molecule has 1 amide bonds. The zero-order valence-corrected chi connectivity index (χ0v) is 9.77. The Bertz CT molecular complexity index is 466. The van der Waals surface area contributed by atoms with E-state index < -0.39 is 11.7 Å². The lowest BCUT2D eigenvalue weighted by Crippen LogP contribution is -2.20. The number of amides is 1. The van der Waals surface area contributed by atoms with Crippen LogP contribution in [-0.4, -0.2) is 12.5 Å². The lowest BCUT2D eigenvalue weighted by Gasteiger charge is -2.05. The van der Waals surface area contributed by atoms with E-state index in [4.69, 9.17) is 0 Å². The second kappa shape index (κ2) is 6.10. The number of rotatable bonds is 2. The molecular formula is C13H12F3NO. The molecule has 1 rings (SSSR count). The van der Waals surface area contributed by atoms with Crippen molar-refractivity contribution in [2.75, 3.05) is 6.54 Å². The van der Waals surface area contributed by atoms with E-state index in [2.05, 4.69) is 17.2 Å². The molecule has 0 unspecified atom stereocenters. The fraction of sp³-hybridized carbons (Fsp3) is 0.308. The minimum atomic E-state index is -4.32. The van der Waals surface area contributed by atoms with Crippen molar-refractivity contribution in [3.8, 4) is 11.8 Å². The molecule has 0 atom stereocenters. The van der Waals surface area contributed by atoms with Gasteiger partial charge in [0.25, 0.3) is 0 Å². The zero-order valence-electron chi connectivity index (χ0n) is 9.77. The van der Waals surface area contributed by atoms with Gasteiger partial charge in [-0.15, -0.1) is 0 Å². The maximum atomic E-state index is 12.3. The van der Waals surface area contributed by atoms with Gasteiger partial charge < -0.3 is 5.32 Å². The Labute approximate surface area is 103 Å². The fourth-order valence-electron chi connectivity index (χ4n) is 1.21. The van der Waals surface area contributed by atoms with Crippen LogP contribution in [0, 0.1) is 11.8 Å². The summed E-state index contributed by atoms with van der Waals surface area (Å²) < 4.78 is 36.8. The molecule has 2 nitrogen and oxygen atoms in total. The Morgan fingerprint density at radius 2 is 1.89 bits per heavy atom. The summed E-state index contributed by atoms with van der Waals surface area (Å²) in [5.74, 6) is 5.36. The summed E-state index contributed by atoms with van der Waals surface area (Å²) >= 11 is 0. The lowest BCUT2D eigenvalue weighted by atomic mass is 10.1. The number of alkyl halides is 3. The van der Waals surface area contributed by atoms with Gasteiger partial charge in [0.2, 0.25) is 5.91 Å². The Kier molecular flexibility index (Phi) is 4.78. The molecule has 0 fully saturated rings. The third kappa shape index (κ3) is 4.91. The maximum absolute atomic E-state index is 12.3. The van der Waals surface area contributed by atoms with Crippen LogP contribution in [0.15, 0.2) is 24.3 Å². The van der Waals surface area contributed by atoms with E-state index in [1.54, 1.807) is 0 Å². The van der Waals surface area contributed by atoms with Crippen LogP contribution in [-0.2, 0) is 11.0 Å². The van der Waals surface area contributed by atoms with Crippen molar-refractivity contribution in [1.82, 2.24) is 5.32 Å². The summed E-state index contributed by atoms with van der Waals surface area (Å²) in [5.41, 5.74) is -0.169. The lowest BCUT2D eigenvalue weighted by molar-refractivity contribution is -0.137. The first-order valence-electron chi connectivity index (χ1n) is 5.30. The van der Waals surface area contributed by atoms with Crippen LogP contribution >= 0.6 is 0 Å². The Morgan fingerprint density at radius 1 is 1.28 bits per heavy atom. The molecule has 1 aromatic carbocycles. The van der Waals surface area contributed by atoms with E-state index in [-0.39, 0.29) is 5.91 Å². The van der Waals surface area contributed by atoms with E-state index in [0.29, 0.717) is 18.5 Å². The van der Waals surface area contributed by atoms with Gasteiger partial charge in [0.15, 0.2) is 0 Å². The summed E-state index contributed by atoms with van der Waals surface area (Å²) in [6.07, 6.45) is -3.86. The van der Waals surface area contributed by atoms with Crippen molar-refractivity contribution in [2.24, 2.45) is 0 Å². The minimum absolute atomic E-state index is 0.133. The van der Waals surface area contributed by atoms with Gasteiger partial charge in [0, 0.05) is 25.5 Å². The average molecular weight is 255 g/mol. The normalized spacial score (nSPS) is 10.4. The molecule has 0 saturated heterocycles. The third-order valence-corrected chi connectivity index (χ3v) is 2.07. The predicted octanol–water partition coefficient (Wildman–Crippen LogP) is 2.58. The molecule has 18 heavy (non-hydrogen) atoms. The van der Waals surface area contributed by atoms with Crippen LogP contribution in [0.1, 0.15) is 24.5 Å². The Hall–Kier alpha value is -1.96. The second-order valence-electron chi connectivity index (χ2n) is 3.61. The van der Waals surface area contributed by atoms with Gasteiger partial charge in [-0.2, -0.15) is 13.2 Å². The van der Waals surface area contributed by atoms with E-state index >= 15 is 0 Å². The fourth-order valence-corrected chi connectivity index (χ4v) is 1.21. The zero-order chi connectivity index (χ0) is 13.6. The summed E-state index contributed by atoms with van der Waals surface area (Å²) in [4.78, 5) is 10.5. The standard InChI is InChI=1S/C13H12F3NO/c1-10(18)17-9-3-2-4-11-5-7-12(8-6-11)13(14,15)16/h5-8H,3,9H2,1H3,(H,17,18). The minimum Gasteiger partial charge on any atom is -0.355 e. The van der Waals surface area contributed by atoms with Gasteiger partial charge >= 0.3 is 6.18 Å². The molecule has 1 aromatic rings.